The van der Waals surface area contributed by atoms with Crippen LogP contribution in [0.3, 0.4) is 0 Å². The summed E-state index contributed by atoms with van der Waals surface area (Å²) in [6.45, 7) is 5.74. The van der Waals surface area contributed by atoms with Crippen molar-refractivity contribution < 1.29 is 19.9 Å². The maximum Gasteiger partial charge on any atom is 0.243 e. The maximum atomic E-state index is 12.3. The van der Waals surface area contributed by atoms with Gasteiger partial charge in [-0.05, 0) is 111 Å². The van der Waals surface area contributed by atoms with E-state index < -0.39 is 0 Å². The molecule has 6 heteroatoms. The van der Waals surface area contributed by atoms with Crippen LogP contribution < -0.4 is 10.8 Å². The van der Waals surface area contributed by atoms with Gasteiger partial charge in [0.05, 0.1) is 6.10 Å². The van der Waals surface area contributed by atoms with E-state index in [9.17, 15) is 14.7 Å². The third-order valence-corrected chi connectivity index (χ3v) is 11.3. The summed E-state index contributed by atoms with van der Waals surface area (Å²) in [5.41, 5.74) is 2.43. The second kappa shape index (κ2) is 11.5. The fourth-order valence-corrected chi connectivity index (χ4v) is 9.31. The van der Waals surface area contributed by atoms with Crippen molar-refractivity contribution in [1.82, 2.24) is 10.8 Å². The number of rotatable bonds is 10. The maximum absolute atomic E-state index is 12.3. The average molecular weight is 491 g/mol. The lowest BCUT2D eigenvalue weighted by Crippen LogP contribution is -2.57. The third kappa shape index (κ3) is 5.58. The molecule has 0 aromatic carbocycles. The van der Waals surface area contributed by atoms with Crippen LogP contribution >= 0.6 is 0 Å². The molecule has 4 aliphatic rings. The Bertz CT molecular complexity index is 744. The molecule has 0 radical (unpaired) electrons. The molecule has 0 aliphatic heterocycles. The number of carbonyl (C=O) groups excluding carboxylic acids is 2. The van der Waals surface area contributed by atoms with Crippen molar-refractivity contribution in [2.45, 2.75) is 123 Å². The van der Waals surface area contributed by atoms with Crippen molar-refractivity contribution >= 4 is 11.8 Å². The van der Waals surface area contributed by atoms with Crippen molar-refractivity contribution in [2.75, 3.05) is 6.54 Å². The summed E-state index contributed by atoms with van der Waals surface area (Å²) in [5.74, 6) is 3.05. The van der Waals surface area contributed by atoms with Crippen molar-refractivity contribution in [3.63, 3.8) is 0 Å². The Kier molecular flexibility index (Phi) is 8.84. The van der Waals surface area contributed by atoms with Gasteiger partial charge in [-0.25, -0.2) is 5.48 Å². The minimum atomic E-state index is -0.351. The van der Waals surface area contributed by atoms with E-state index in [1.165, 1.54) is 51.4 Å². The molecular formula is C29H50N2O4. The van der Waals surface area contributed by atoms with Gasteiger partial charge in [0.15, 0.2) is 0 Å². The van der Waals surface area contributed by atoms with Gasteiger partial charge in [-0.15, -0.1) is 0 Å². The Morgan fingerprint density at radius 3 is 2.43 bits per heavy atom. The van der Waals surface area contributed by atoms with E-state index in [4.69, 9.17) is 5.21 Å². The first-order chi connectivity index (χ1) is 16.8. The second-order valence-electron chi connectivity index (χ2n) is 12.9. The van der Waals surface area contributed by atoms with Crippen LogP contribution in [0.1, 0.15) is 117 Å². The van der Waals surface area contributed by atoms with Crippen molar-refractivity contribution in [2.24, 2.45) is 40.4 Å². The summed E-state index contributed by atoms with van der Waals surface area (Å²) in [6, 6.07) is 0. The monoisotopic (exact) mass is 490 g/mol. The largest absolute Gasteiger partial charge is 0.393 e. The lowest BCUT2D eigenvalue weighted by Gasteiger charge is -2.62. The molecule has 0 spiro atoms. The Labute approximate surface area is 212 Å². The number of nitrogens with one attached hydrogen (secondary N) is 2. The van der Waals surface area contributed by atoms with E-state index in [1.807, 2.05) is 0 Å². The number of fused-ring (bicyclic) bond motifs is 5. The molecule has 4 saturated carbocycles. The zero-order valence-corrected chi connectivity index (χ0v) is 22.2. The number of aliphatic hydroxyl groups is 1. The molecule has 8 atom stereocenters. The standard InChI is InChI=1S/C29H50N2O4/c1-28-16-6-5-9-21(28)19-24(32)27-22-14-13-20(29(22,2)17-15-23(27)28)10-8-12-25(33)30-18-7-3-4-11-26(34)31-35/h20-24,27,32,35H,3-19H2,1-2H3,(H,30,33)(H,31,34). The van der Waals surface area contributed by atoms with Gasteiger partial charge in [0.2, 0.25) is 11.8 Å². The molecule has 4 aliphatic carbocycles. The quantitative estimate of drug-likeness (QED) is 0.188. The topological polar surface area (TPSA) is 98.7 Å². The number of amides is 2. The van der Waals surface area contributed by atoms with Gasteiger partial charge in [0, 0.05) is 19.4 Å². The highest BCUT2D eigenvalue weighted by molar-refractivity contribution is 5.75. The van der Waals surface area contributed by atoms with Gasteiger partial charge in [0.25, 0.3) is 0 Å². The first-order valence-electron chi connectivity index (χ1n) is 14.7. The number of hydrogen-bond acceptors (Lipinski definition) is 4. The van der Waals surface area contributed by atoms with E-state index >= 15 is 0 Å². The molecule has 4 fully saturated rings. The Balaban J connectivity index is 1.22. The van der Waals surface area contributed by atoms with Crippen LogP contribution in [-0.4, -0.2) is 34.8 Å². The van der Waals surface area contributed by atoms with Gasteiger partial charge >= 0.3 is 0 Å². The predicted molar refractivity (Wildman–Crippen MR) is 136 cm³/mol. The molecular weight excluding hydrogens is 440 g/mol. The summed E-state index contributed by atoms with van der Waals surface area (Å²) >= 11 is 0. The van der Waals surface area contributed by atoms with Crippen molar-refractivity contribution in [3.05, 3.63) is 0 Å². The van der Waals surface area contributed by atoms with E-state index in [1.54, 1.807) is 5.48 Å². The third-order valence-electron chi connectivity index (χ3n) is 11.3. The van der Waals surface area contributed by atoms with Gasteiger partial charge in [-0.3, -0.25) is 14.8 Å². The molecule has 200 valence electrons. The zero-order valence-electron chi connectivity index (χ0n) is 22.2. The van der Waals surface area contributed by atoms with Crippen LogP contribution in [-0.2, 0) is 9.59 Å². The molecule has 0 heterocycles. The summed E-state index contributed by atoms with van der Waals surface area (Å²) in [6.07, 6.45) is 16.9. The van der Waals surface area contributed by atoms with Crippen LogP contribution in [0.4, 0.5) is 0 Å². The van der Waals surface area contributed by atoms with E-state index in [2.05, 4.69) is 19.2 Å². The number of unbranched alkanes of at least 4 members (excludes halogenated alkanes) is 2. The fraction of sp³-hybridized carbons (Fsp3) is 0.931. The Hall–Kier alpha value is -1.14. The van der Waals surface area contributed by atoms with Gasteiger partial charge in [-0.2, -0.15) is 0 Å². The minimum absolute atomic E-state index is 0.108. The van der Waals surface area contributed by atoms with E-state index in [0.717, 1.165) is 44.4 Å². The van der Waals surface area contributed by atoms with Crippen LogP contribution in [0, 0.1) is 40.4 Å². The predicted octanol–water partition coefficient (Wildman–Crippen LogP) is 5.36. The van der Waals surface area contributed by atoms with Crippen LogP contribution in [0.5, 0.6) is 0 Å². The smallest absolute Gasteiger partial charge is 0.243 e. The SMILES string of the molecule is CC12CCC3C(C(O)CC4CCCCC43C)C1CCC2CCCC(=O)NCCCCCC(=O)NO. The Morgan fingerprint density at radius 2 is 1.63 bits per heavy atom. The highest BCUT2D eigenvalue weighted by Crippen LogP contribution is 2.67. The molecule has 35 heavy (non-hydrogen) atoms. The van der Waals surface area contributed by atoms with Gasteiger partial charge in [0.1, 0.15) is 0 Å². The number of hydrogen-bond donors (Lipinski definition) is 4. The van der Waals surface area contributed by atoms with E-state index in [0.29, 0.717) is 53.9 Å². The highest BCUT2D eigenvalue weighted by atomic mass is 16.5. The van der Waals surface area contributed by atoms with Crippen LogP contribution in [0.15, 0.2) is 0 Å². The molecule has 0 saturated heterocycles. The van der Waals surface area contributed by atoms with Gasteiger partial charge < -0.3 is 10.4 Å². The molecule has 0 bridgehead atoms. The summed E-state index contributed by atoms with van der Waals surface area (Å²) < 4.78 is 0. The second-order valence-corrected chi connectivity index (χ2v) is 12.9. The molecule has 2 amide bonds. The van der Waals surface area contributed by atoms with Crippen molar-refractivity contribution in [1.29, 1.82) is 0 Å². The number of carbonyl (C=O) groups is 2. The molecule has 0 aromatic rings. The summed E-state index contributed by atoms with van der Waals surface area (Å²) in [7, 11) is 0. The first-order valence-corrected chi connectivity index (χ1v) is 14.7. The first kappa shape index (κ1) is 26.9. The normalized spacial score (nSPS) is 40.3. The van der Waals surface area contributed by atoms with Crippen LogP contribution in [0.2, 0.25) is 0 Å². The summed E-state index contributed by atoms with van der Waals surface area (Å²) in [5, 5.41) is 22.9. The van der Waals surface area contributed by atoms with Crippen LogP contribution in [0.25, 0.3) is 0 Å². The molecule has 4 N–H and O–H groups in total. The molecule has 0 aromatic heterocycles. The number of hydroxylamine groups is 1. The Morgan fingerprint density at radius 1 is 0.857 bits per heavy atom. The zero-order chi connectivity index (χ0) is 25.1. The molecule has 6 nitrogen and oxygen atoms in total. The fourth-order valence-electron chi connectivity index (χ4n) is 9.31. The van der Waals surface area contributed by atoms with E-state index in [-0.39, 0.29) is 17.9 Å². The average Bonchev–Trinajstić information content (AvgIpc) is 3.17. The van der Waals surface area contributed by atoms with Gasteiger partial charge in [-0.1, -0.05) is 33.1 Å². The number of aliphatic hydroxyl groups excluding tert-OH is 1. The lowest BCUT2D eigenvalue weighted by molar-refractivity contribution is -0.162. The molecule has 4 rings (SSSR count). The summed E-state index contributed by atoms with van der Waals surface area (Å²) in [4.78, 5) is 23.3. The van der Waals surface area contributed by atoms with Crippen molar-refractivity contribution in [3.8, 4) is 0 Å². The molecule has 8 unspecified atom stereocenters. The minimum Gasteiger partial charge on any atom is -0.393 e. The lowest BCUT2D eigenvalue weighted by atomic mass is 9.44. The highest BCUT2D eigenvalue weighted by Gasteiger charge is 2.61.